The number of amides is 2. The maximum Gasteiger partial charge on any atom is 0.273 e. The van der Waals surface area contributed by atoms with E-state index in [0.29, 0.717) is 11.1 Å². The van der Waals surface area contributed by atoms with E-state index in [9.17, 15) is 19.7 Å². The van der Waals surface area contributed by atoms with Gasteiger partial charge in [0.25, 0.3) is 17.5 Å². The van der Waals surface area contributed by atoms with Gasteiger partial charge in [-0.1, -0.05) is 24.3 Å². The van der Waals surface area contributed by atoms with E-state index < -0.39 is 16.7 Å². The predicted molar refractivity (Wildman–Crippen MR) is 95.7 cm³/mol. The van der Waals surface area contributed by atoms with Crippen LogP contribution in [0.25, 0.3) is 10.9 Å². The topological polar surface area (TPSA) is 106 Å². The number of hydrogen-bond donors (Lipinski definition) is 2. The summed E-state index contributed by atoms with van der Waals surface area (Å²) in [6, 6.07) is 11.5. The number of aryl methyl sites for hydroxylation is 2. The van der Waals surface area contributed by atoms with Crippen molar-refractivity contribution in [2.75, 3.05) is 0 Å². The van der Waals surface area contributed by atoms with Gasteiger partial charge in [-0.05, 0) is 19.1 Å². The molecule has 26 heavy (non-hydrogen) atoms. The Bertz CT molecular complexity index is 1040. The van der Waals surface area contributed by atoms with E-state index in [0.717, 1.165) is 10.9 Å². The molecule has 8 nitrogen and oxygen atoms in total. The van der Waals surface area contributed by atoms with E-state index in [1.807, 2.05) is 35.9 Å². The van der Waals surface area contributed by atoms with Crippen LogP contribution >= 0.6 is 0 Å². The molecule has 0 aliphatic rings. The standard InChI is InChI=1S/C18H16N4O4/c1-11-7-8-12(9-16(11)22(25)26)17(23)19-20-18(24)14-10-21(2)15-6-4-3-5-13(14)15/h3-10H,1-2H3,(H,19,23)(H,20,24). The molecule has 2 amide bonds. The van der Waals surface area contributed by atoms with Gasteiger partial charge in [0, 0.05) is 41.3 Å². The van der Waals surface area contributed by atoms with Crippen molar-refractivity contribution in [2.45, 2.75) is 6.92 Å². The number of benzene rings is 2. The highest BCUT2D eigenvalue weighted by Gasteiger charge is 2.17. The fraction of sp³-hybridized carbons (Fsp3) is 0.111. The molecule has 8 heteroatoms. The normalized spacial score (nSPS) is 10.5. The minimum Gasteiger partial charge on any atom is -0.350 e. The summed E-state index contributed by atoms with van der Waals surface area (Å²) >= 11 is 0. The number of nitro benzene ring substituents is 1. The van der Waals surface area contributed by atoms with Crippen LogP contribution in [0.4, 0.5) is 5.69 Å². The number of nitrogens with one attached hydrogen (secondary N) is 2. The summed E-state index contributed by atoms with van der Waals surface area (Å²) in [5.74, 6) is -1.11. The summed E-state index contributed by atoms with van der Waals surface area (Å²) in [6.07, 6.45) is 1.67. The monoisotopic (exact) mass is 352 g/mol. The van der Waals surface area contributed by atoms with E-state index in [2.05, 4.69) is 10.9 Å². The first-order valence-electron chi connectivity index (χ1n) is 7.78. The summed E-state index contributed by atoms with van der Waals surface area (Å²) in [7, 11) is 1.82. The first-order chi connectivity index (χ1) is 12.4. The molecule has 0 radical (unpaired) electrons. The molecule has 3 aromatic rings. The predicted octanol–water partition coefficient (Wildman–Crippen LogP) is 2.47. The minimum absolute atomic E-state index is 0.0838. The summed E-state index contributed by atoms with van der Waals surface area (Å²) in [5, 5.41) is 11.7. The van der Waals surface area contributed by atoms with Crippen LogP contribution in [-0.2, 0) is 7.05 Å². The van der Waals surface area contributed by atoms with Crippen LogP contribution in [0.1, 0.15) is 26.3 Å². The zero-order chi connectivity index (χ0) is 18.8. The molecule has 0 atom stereocenters. The molecule has 0 aliphatic heterocycles. The first kappa shape index (κ1) is 17.2. The lowest BCUT2D eigenvalue weighted by atomic mass is 10.1. The molecule has 0 aliphatic carbocycles. The van der Waals surface area contributed by atoms with Crippen LogP contribution in [0.2, 0.25) is 0 Å². The van der Waals surface area contributed by atoms with E-state index >= 15 is 0 Å². The largest absolute Gasteiger partial charge is 0.350 e. The Labute approximate surface area is 148 Å². The lowest BCUT2D eigenvalue weighted by Gasteiger charge is -2.07. The zero-order valence-corrected chi connectivity index (χ0v) is 14.1. The lowest BCUT2D eigenvalue weighted by Crippen LogP contribution is -2.41. The van der Waals surface area contributed by atoms with Crippen LogP contribution in [0, 0.1) is 17.0 Å². The molecule has 2 aromatic carbocycles. The molecule has 0 spiro atoms. The van der Waals surface area contributed by atoms with Crippen LogP contribution in [0.3, 0.4) is 0 Å². The number of aromatic nitrogens is 1. The Balaban J connectivity index is 1.76. The molecular weight excluding hydrogens is 336 g/mol. The van der Waals surface area contributed by atoms with E-state index in [1.54, 1.807) is 13.1 Å². The third-order valence-electron chi connectivity index (χ3n) is 4.10. The molecule has 1 heterocycles. The molecule has 0 fully saturated rings. The average molecular weight is 352 g/mol. The van der Waals surface area contributed by atoms with Crippen molar-refractivity contribution in [3.63, 3.8) is 0 Å². The quantitative estimate of drug-likeness (QED) is 0.558. The Morgan fingerprint density at radius 1 is 1.08 bits per heavy atom. The van der Waals surface area contributed by atoms with Crippen LogP contribution in [0.5, 0.6) is 0 Å². The summed E-state index contributed by atoms with van der Waals surface area (Å²) in [6.45, 7) is 1.59. The number of fused-ring (bicyclic) bond motifs is 1. The second-order valence-electron chi connectivity index (χ2n) is 5.84. The lowest BCUT2D eigenvalue weighted by molar-refractivity contribution is -0.385. The van der Waals surface area contributed by atoms with Gasteiger partial charge in [0.15, 0.2) is 0 Å². The van der Waals surface area contributed by atoms with E-state index in [-0.39, 0.29) is 11.3 Å². The minimum atomic E-state index is -0.637. The smallest absolute Gasteiger partial charge is 0.273 e. The number of rotatable bonds is 3. The van der Waals surface area contributed by atoms with Gasteiger partial charge in [-0.15, -0.1) is 0 Å². The molecular formula is C18H16N4O4. The van der Waals surface area contributed by atoms with Gasteiger partial charge >= 0.3 is 0 Å². The van der Waals surface area contributed by atoms with Gasteiger partial charge in [-0.3, -0.25) is 30.6 Å². The maximum absolute atomic E-state index is 12.4. The molecule has 0 saturated heterocycles. The summed E-state index contributed by atoms with van der Waals surface area (Å²) in [5.41, 5.74) is 6.31. The van der Waals surface area contributed by atoms with Crippen molar-refractivity contribution < 1.29 is 14.5 Å². The average Bonchev–Trinajstić information content (AvgIpc) is 2.97. The summed E-state index contributed by atoms with van der Waals surface area (Å²) < 4.78 is 1.81. The Kier molecular flexibility index (Phi) is 4.40. The molecule has 1 aromatic heterocycles. The number of hydrogen-bond acceptors (Lipinski definition) is 4. The van der Waals surface area contributed by atoms with Crippen molar-refractivity contribution in [2.24, 2.45) is 7.05 Å². The van der Waals surface area contributed by atoms with Crippen molar-refractivity contribution in [3.05, 3.63) is 75.5 Å². The highest BCUT2D eigenvalue weighted by Crippen LogP contribution is 2.20. The van der Waals surface area contributed by atoms with Gasteiger partial charge in [-0.25, -0.2) is 0 Å². The van der Waals surface area contributed by atoms with Crippen LogP contribution in [-0.4, -0.2) is 21.3 Å². The van der Waals surface area contributed by atoms with Crippen molar-refractivity contribution >= 4 is 28.4 Å². The van der Waals surface area contributed by atoms with Gasteiger partial charge in [-0.2, -0.15) is 0 Å². The fourth-order valence-corrected chi connectivity index (χ4v) is 2.72. The highest BCUT2D eigenvalue weighted by atomic mass is 16.6. The van der Waals surface area contributed by atoms with E-state index in [4.69, 9.17) is 0 Å². The third kappa shape index (κ3) is 3.12. The van der Waals surface area contributed by atoms with Crippen LogP contribution in [0.15, 0.2) is 48.7 Å². The molecule has 0 unspecified atom stereocenters. The second-order valence-corrected chi connectivity index (χ2v) is 5.84. The molecule has 0 bridgehead atoms. The van der Waals surface area contributed by atoms with Crippen molar-refractivity contribution in [1.29, 1.82) is 0 Å². The number of nitrogens with zero attached hydrogens (tertiary/aromatic N) is 2. The molecule has 3 rings (SSSR count). The molecule has 0 saturated carbocycles. The van der Waals surface area contributed by atoms with E-state index in [1.165, 1.54) is 18.2 Å². The number of carbonyl (C=O) groups is 2. The number of hydrazine groups is 1. The number of carbonyl (C=O) groups excluding carboxylic acids is 2. The Morgan fingerprint density at radius 3 is 2.50 bits per heavy atom. The summed E-state index contributed by atoms with van der Waals surface area (Å²) in [4.78, 5) is 35.0. The second kappa shape index (κ2) is 6.67. The maximum atomic E-state index is 12.4. The van der Waals surface area contributed by atoms with Gasteiger partial charge in [0.1, 0.15) is 0 Å². The molecule has 2 N–H and O–H groups in total. The van der Waals surface area contributed by atoms with Gasteiger partial charge in [0.2, 0.25) is 0 Å². The van der Waals surface area contributed by atoms with Crippen LogP contribution < -0.4 is 10.9 Å². The van der Waals surface area contributed by atoms with Crippen molar-refractivity contribution in [1.82, 2.24) is 15.4 Å². The van der Waals surface area contributed by atoms with Gasteiger partial charge < -0.3 is 4.57 Å². The number of nitro groups is 1. The third-order valence-corrected chi connectivity index (χ3v) is 4.10. The fourth-order valence-electron chi connectivity index (χ4n) is 2.72. The molecule has 132 valence electrons. The highest BCUT2D eigenvalue weighted by molar-refractivity contribution is 6.08. The van der Waals surface area contributed by atoms with Gasteiger partial charge in [0.05, 0.1) is 10.5 Å². The SMILES string of the molecule is Cc1ccc(C(=O)NNC(=O)c2cn(C)c3ccccc23)cc1[N+](=O)[O-]. The Morgan fingerprint density at radius 2 is 1.77 bits per heavy atom. The Hall–Kier alpha value is -3.68. The zero-order valence-electron chi connectivity index (χ0n) is 14.1. The van der Waals surface area contributed by atoms with Crippen molar-refractivity contribution in [3.8, 4) is 0 Å². The number of para-hydroxylation sites is 1. The first-order valence-corrected chi connectivity index (χ1v) is 7.78.